The van der Waals surface area contributed by atoms with Crippen LogP contribution in [0, 0.1) is 0 Å². The lowest BCUT2D eigenvalue weighted by atomic mass is 10.00. The van der Waals surface area contributed by atoms with Crippen LogP contribution in [0.4, 0.5) is 0 Å². The first kappa shape index (κ1) is 19.2. The number of hydrogen-bond donors (Lipinski definition) is 0. The molecular formula is C19H25N3O5S. The molecule has 1 atom stereocenters. The zero-order chi connectivity index (χ0) is 19.6. The molecule has 28 heavy (non-hydrogen) atoms. The van der Waals surface area contributed by atoms with Crippen molar-refractivity contribution in [1.82, 2.24) is 13.9 Å². The number of aromatic nitrogens is 2. The number of benzene rings is 1. The third-order valence-corrected chi connectivity index (χ3v) is 6.97. The molecule has 1 fully saturated rings. The molecule has 2 aromatic rings. The molecule has 3 heterocycles. The highest BCUT2D eigenvalue weighted by atomic mass is 32.2. The molecule has 0 radical (unpaired) electrons. The number of fused-ring (bicyclic) bond motifs is 1. The lowest BCUT2D eigenvalue weighted by Gasteiger charge is -2.26. The molecule has 8 nitrogen and oxygen atoms in total. The van der Waals surface area contributed by atoms with Crippen molar-refractivity contribution >= 4 is 10.0 Å². The van der Waals surface area contributed by atoms with Crippen molar-refractivity contribution in [2.75, 3.05) is 38.8 Å². The molecule has 0 bridgehead atoms. The SMILES string of the molecule is CC(Cc1ccc2c(c1)OCO2)c1nccn1CCS(=O)(=O)N1CCOCC1. The monoisotopic (exact) mass is 407 g/mol. The van der Waals surface area contributed by atoms with Gasteiger partial charge in [-0.15, -0.1) is 0 Å². The Labute approximate surface area is 165 Å². The second kappa shape index (κ2) is 8.10. The second-order valence-corrected chi connectivity index (χ2v) is 9.19. The van der Waals surface area contributed by atoms with Crippen LogP contribution in [0.5, 0.6) is 11.5 Å². The first-order valence-corrected chi connectivity index (χ1v) is 11.1. The average Bonchev–Trinajstić information content (AvgIpc) is 3.36. The summed E-state index contributed by atoms with van der Waals surface area (Å²) in [5.74, 6) is 2.62. The lowest BCUT2D eigenvalue weighted by molar-refractivity contribution is 0.0730. The first-order valence-electron chi connectivity index (χ1n) is 9.48. The van der Waals surface area contributed by atoms with E-state index in [1.165, 1.54) is 4.31 Å². The molecule has 1 unspecified atom stereocenters. The van der Waals surface area contributed by atoms with Crippen LogP contribution in [0.15, 0.2) is 30.6 Å². The van der Waals surface area contributed by atoms with E-state index in [1.807, 2.05) is 29.0 Å². The molecular weight excluding hydrogens is 382 g/mol. The molecule has 152 valence electrons. The van der Waals surface area contributed by atoms with E-state index in [0.29, 0.717) is 32.8 Å². The van der Waals surface area contributed by atoms with Crippen LogP contribution in [0.25, 0.3) is 0 Å². The molecule has 0 spiro atoms. The molecule has 1 aromatic heterocycles. The smallest absolute Gasteiger partial charge is 0.231 e. The number of rotatable bonds is 7. The van der Waals surface area contributed by atoms with Gasteiger partial charge in [0.05, 0.1) is 19.0 Å². The maximum atomic E-state index is 12.6. The highest BCUT2D eigenvalue weighted by Gasteiger charge is 2.25. The minimum absolute atomic E-state index is 0.0626. The Balaban J connectivity index is 1.40. The fraction of sp³-hybridized carbons (Fsp3) is 0.526. The Morgan fingerprint density at radius 1 is 1.18 bits per heavy atom. The van der Waals surface area contributed by atoms with E-state index < -0.39 is 10.0 Å². The van der Waals surface area contributed by atoms with E-state index >= 15 is 0 Å². The molecule has 1 saturated heterocycles. The first-order chi connectivity index (χ1) is 13.5. The number of imidazole rings is 1. The zero-order valence-corrected chi connectivity index (χ0v) is 16.7. The second-order valence-electron chi connectivity index (χ2n) is 7.10. The summed E-state index contributed by atoms with van der Waals surface area (Å²) >= 11 is 0. The number of aryl methyl sites for hydroxylation is 1. The number of ether oxygens (including phenoxy) is 3. The van der Waals surface area contributed by atoms with E-state index in [4.69, 9.17) is 14.2 Å². The average molecular weight is 407 g/mol. The van der Waals surface area contributed by atoms with Crippen LogP contribution in [-0.4, -0.2) is 61.1 Å². The summed E-state index contributed by atoms with van der Waals surface area (Å²) in [4.78, 5) is 4.48. The molecule has 0 N–H and O–H groups in total. The van der Waals surface area contributed by atoms with Crippen molar-refractivity contribution in [1.29, 1.82) is 0 Å². The normalized spacial score (nSPS) is 18.3. The highest BCUT2D eigenvalue weighted by Crippen LogP contribution is 2.33. The van der Waals surface area contributed by atoms with Gasteiger partial charge in [-0.2, -0.15) is 4.31 Å². The van der Waals surface area contributed by atoms with Gasteiger partial charge in [0.2, 0.25) is 16.8 Å². The third-order valence-electron chi connectivity index (χ3n) is 5.12. The van der Waals surface area contributed by atoms with Crippen molar-refractivity contribution < 1.29 is 22.6 Å². The van der Waals surface area contributed by atoms with Gasteiger partial charge in [0, 0.05) is 37.9 Å². The van der Waals surface area contributed by atoms with Crippen LogP contribution >= 0.6 is 0 Å². The van der Waals surface area contributed by atoms with Gasteiger partial charge in [0.1, 0.15) is 5.82 Å². The molecule has 2 aliphatic rings. The Bertz CT molecular complexity index is 921. The molecule has 2 aliphatic heterocycles. The third kappa shape index (κ3) is 4.16. The van der Waals surface area contributed by atoms with Crippen molar-refractivity contribution in [3.63, 3.8) is 0 Å². The van der Waals surface area contributed by atoms with E-state index in [-0.39, 0.29) is 18.5 Å². The number of sulfonamides is 1. The molecule has 0 saturated carbocycles. The predicted octanol–water partition coefficient (Wildman–Crippen LogP) is 1.62. The molecule has 4 rings (SSSR count). The number of nitrogens with zero attached hydrogens (tertiary/aromatic N) is 3. The summed E-state index contributed by atoms with van der Waals surface area (Å²) in [6, 6.07) is 5.95. The topological polar surface area (TPSA) is 82.9 Å². The minimum atomic E-state index is -3.29. The van der Waals surface area contributed by atoms with E-state index in [0.717, 1.165) is 29.3 Å². The van der Waals surface area contributed by atoms with E-state index in [2.05, 4.69) is 11.9 Å². The van der Waals surface area contributed by atoms with Crippen molar-refractivity contribution in [2.24, 2.45) is 0 Å². The summed E-state index contributed by atoms with van der Waals surface area (Å²) in [5, 5.41) is 0. The molecule has 0 aliphatic carbocycles. The summed E-state index contributed by atoms with van der Waals surface area (Å²) in [6.45, 7) is 4.53. The van der Waals surface area contributed by atoms with Crippen LogP contribution in [0.2, 0.25) is 0 Å². The van der Waals surface area contributed by atoms with Gasteiger partial charge in [-0.1, -0.05) is 13.0 Å². The lowest BCUT2D eigenvalue weighted by Crippen LogP contribution is -2.42. The van der Waals surface area contributed by atoms with Gasteiger partial charge < -0.3 is 18.8 Å². The van der Waals surface area contributed by atoms with Gasteiger partial charge >= 0.3 is 0 Å². The molecule has 0 amide bonds. The number of morpholine rings is 1. The summed E-state index contributed by atoms with van der Waals surface area (Å²) in [7, 11) is -3.29. The largest absolute Gasteiger partial charge is 0.454 e. The van der Waals surface area contributed by atoms with Gasteiger partial charge in [0.15, 0.2) is 11.5 Å². The fourth-order valence-electron chi connectivity index (χ4n) is 3.62. The Hall–Kier alpha value is -2.10. The van der Waals surface area contributed by atoms with Crippen molar-refractivity contribution in [3.05, 3.63) is 42.0 Å². The predicted molar refractivity (Wildman–Crippen MR) is 103 cm³/mol. The quantitative estimate of drug-likeness (QED) is 0.694. The van der Waals surface area contributed by atoms with Gasteiger partial charge in [-0.3, -0.25) is 0 Å². The fourth-order valence-corrected chi connectivity index (χ4v) is 5.01. The maximum absolute atomic E-state index is 12.6. The van der Waals surface area contributed by atoms with Gasteiger partial charge in [-0.25, -0.2) is 13.4 Å². The standard InChI is InChI=1S/C19H25N3O5S/c1-15(12-16-2-3-17-18(13-16)27-14-26-17)19-20-4-5-21(19)8-11-28(23,24)22-6-9-25-10-7-22/h2-5,13,15H,6-12,14H2,1H3. The summed E-state index contributed by atoms with van der Waals surface area (Å²) in [5.41, 5.74) is 1.13. The van der Waals surface area contributed by atoms with E-state index in [1.54, 1.807) is 6.20 Å². The van der Waals surface area contributed by atoms with Crippen LogP contribution in [0.1, 0.15) is 24.2 Å². The Kier molecular flexibility index (Phi) is 5.56. The van der Waals surface area contributed by atoms with Gasteiger partial charge in [-0.05, 0) is 24.1 Å². The Morgan fingerprint density at radius 2 is 1.96 bits per heavy atom. The molecule has 9 heteroatoms. The zero-order valence-electron chi connectivity index (χ0n) is 15.9. The maximum Gasteiger partial charge on any atom is 0.231 e. The van der Waals surface area contributed by atoms with E-state index in [9.17, 15) is 8.42 Å². The highest BCUT2D eigenvalue weighted by molar-refractivity contribution is 7.89. The number of hydrogen-bond acceptors (Lipinski definition) is 6. The minimum Gasteiger partial charge on any atom is -0.454 e. The van der Waals surface area contributed by atoms with Gasteiger partial charge in [0.25, 0.3) is 0 Å². The van der Waals surface area contributed by atoms with Crippen molar-refractivity contribution in [3.8, 4) is 11.5 Å². The summed E-state index contributed by atoms with van der Waals surface area (Å²) in [6.07, 6.45) is 4.36. The molecule has 1 aromatic carbocycles. The Morgan fingerprint density at radius 3 is 2.79 bits per heavy atom. The van der Waals surface area contributed by atoms with Crippen LogP contribution in [-0.2, 0) is 27.7 Å². The van der Waals surface area contributed by atoms with Crippen LogP contribution in [0.3, 0.4) is 0 Å². The van der Waals surface area contributed by atoms with Crippen molar-refractivity contribution in [2.45, 2.75) is 25.8 Å². The van der Waals surface area contributed by atoms with Crippen LogP contribution < -0.4 is 9.47 Å². The summed E-state index contributed by atoms with van der Waals surface area (Å²) < 4.78 is 44.6.